The molecule has 0 unspecified atom stereocenters. The SMILES string of the molecule is CCc1cc(=O)[nH]c(SCC(=O)Nc2c(CC)cccc2CC)n1. The number of aromatic nitrogens is 2. The number of para-hydroxylation sites is 1. The fourth-order valence-electron chi connectivity index (χ4n) is 2.45. The van der Waals surface area contributed by atoms with Crippen LogP contribution in [-0.2, 0) is 24.1 Å². The second kappa shape index (κ2) is 8.68. The molecule has 1 amide bonds. The molecule has 128 valence electrons. The van der Waals surface area contributed by atoms with Crippen LogP contribution in [0.25, 0.3) is 0 Å². The maximum Gasteiger partial charge on any atom is 0.251 e. The summed E-state index contributed by atoms with van der Waals surface area (Å²) < 4.78 is 0. The number of carbonyl (C=O) groups excluding carboxylic acids is 1. The second-order valence-corrected chi connectivity index (χ2v) is 6.35. The first-order valence-corrected chi connectivity index (χ1v) is 9.19. The fourth-order valence-corrected chi connectivity index (χ4v) is 3.14. The van der Waals surface area contributed by atoms with Crippen molar-refractivity contribution < 1.29 is 4.79 Å². The summed E-state index contributed by atoms with van der Waals surface area (Å²) in [7, 11) is 0. The zero-order valence-corrected chi connectivity index (χ0v) is 15.1. The highest BCUT2D eigenvalue weighted by atomic mass is 32.2. The number of amides is 1. The number of rotatable bonds is 7. The van der Waals surface area contributed by atoms with E-state index in [9.17, 15) is 9.59 Å². The molecule has 1 heterocycles. The quantitative estimate of drug-likeness (QED) is 0.597. The number of nitrogens with zero attached hydrogens (tertiary/aromatic N) is 1. The zero-order chi connectivity index (χ0) is 17.5. The van der Waals surface area contributed by atoms with Gasteiger partial charge in [-0.15, -0.1) is 0 Å². The van der Waals surface area contributed by atoms with Crippen LogP contribution in [0, 0.1) is 0 Å². The third-order valence-corrected chi connectivity index (χ3v) is 4.61. The van der Waals surface area contributed by atoms with Gasteiger partial charge in [-0.05, 0) is 30.4 Å². The highest BCUT2D eigenvalue weighted by Crippen LogP contribution is 2.23. The molecule has 1 aromatic carbocycles. The molecule has 0 fully saturated rings. The summed E-state index contributed by atoms with van der Waals surface area (Å²) in [6, 6.07) is 7.57. The Balaban J connectivity index is 2.07. The lowest BCUT2D eigenvalue weighted by Crippen LogP contribution is -2.17. The minimum Gasteiger partial charge on any atom is -0.325 e. The van der Waals surface area contributed by atoms with Gasteiger partial charge in [0, 0.05) is 17.4 Å². The number of aryl methyl sites for hydroxylation is 3. The molecule has 0 aliphatic rings. The summed E-state index contributed by atoms with van der Waals surface area (Å²) in [6.07, 6.45) is 2.42. The molecule has 0 aliphatic carbocycles. The summed E-state index contributed by atoms with van der Waals surface area (Å²) in [5.74, 6) is 0.109. The van der Waals surface area contributed by atoms with Gasteiger partial charge < -0.3 is 10.3 Å². The van der Waals surface area contributed by atoms with Crippen LogP contribution in [0.4, 0.5) is 5.69 Å². The number of anilines is 1. The summed E-state index contributed by atoms with van der Waals surface area (Å²) in [4.78, 5) is 30.9. The average molecular weight is 345 g/mol. The topological polar surface area (TPSA) is 74.8 Å². The lowest BCUT2D eigenvalue weighted by molar-refractivity contribution is -0.113. The predicted molar refractivity (Wildman–Crippen MR) is 98.8 cm³/mol. The maximum atomic E-state index is 12.3. The van der Waals surface area contributed by atoms with Gasteiger partial charge >= 0.3 is 0 Å². The van der Waals surface area contributed by atoms with Crippen LogP contribution in [0.3, 0.4) is 0 Å². The number of benzene rings is 1. The summed E-state index contributed by atoms with van der Waals surface area (Å²) in [6.45, 7) is 6.09. The summed E-state index contributed by atoms with van der Waals surface area (Å²) in [5, 5.41) is 3.50. The Morgan fingerprint density at radius 1 is 1.17 bits per heavy atom. The van der Waals surface area contributed by atoms with Crippen molar-refractivity contribution in [3.8, 4) is 0 Å². The normalized spacial score (nSPS) is 10.6. The summed E-state index contributed by atoms with van der Waals surface area (Å²) >= 11 is 1.24. The molecular weight excluding hydrogens is 322 g/mol. The van der Waals surface area contributed by atoms with Crippen LogP contribution in [0.5, 0.6) is 0 Å². The van der Waals surface area contributed by atoms with Crippen molar-refractivity contribution in [1.29, 1.82) is 0 Å². The van der Waals surface area contributed by atoms with Gasteiger partial charge in [-0.2, -0.15) is 0 Å². The largest absolute Gasteiger partial charge is 0.325 e. The molecule has 6 heteroatoms. The number of H-pyrrole nitrogens is 1. The third-order valence-electron chi connectivity index (χ3n) is 3.74. The predicted octanol–water partition coefficient (Wildman–Crippen LogP) is 3.19. The molecule has 0 atom stereocenters. The minimum atomic E-state index is -0.186. The number of aromatic amines is 1. The van der Waals surface area contributed by atoms with Gasteiger partial charge in [0.05, 0.1) is 5.75 Å². The Labute approximate surface area is 146 Å². The number of thioether (sulfide) groups is 1. The van der Waals surface area contributed by atoms with E-state index < -0.39 is 0 Å². The van der Waals surface area contributed by atoms with Crippen LogP contribution in [0.15, 0.2) is 34.2 Å². The lowest BCUT2D eigenvalue weighted by Gasteiger charge is -2.14. The van der Waals surface area contributed by atoms with E-state index in [0.717, 1.165) is 35.3 Å². The molecule has 1 aromatic heterocycles. The Bertz CT molecular complexity index is 749. The number of hydrogen-bond donors (Lipinski definition) is 2. The first-order chi connectivity index (χ1) is 11.6. The van der Waals surface area contributed by atoms with Crippen molar-refractivity contribution in [2.45, 2.75) is 45.2 Å². The fraction of sp³-hybridized carbons (Fsp3) is 0.389. The standard InChI is InChI=1S/C18H23N3O2S/c1-4-12-8-7-9-13(5-2)17(12)20-16(23)11-24-18-19-14(6-3)10-15(22)21-18/h7-10H,4-6,11H2,1-3H3,(H,20,23)(H,19,21,22). The molecule has 0 spiro atoms. The highest BCUT2D eigenvalue weighted by Gasteiger charge is 2.11. The molecule has 24 heavy (non-hydrogen) atoms. The first-order valence-electron chi connectivity index (χ1n) is 8.21. The van der Waals surface area contributed by atoms with Crippen molar-refractivity contribution in [3.05, 3.63) is 51.4 Å². The monoisotopic (exact) mass is 345 g/mol. The van der Waals surface area contributed by atoms with Crippen molar-refractivity contribution in [2.75, 3.05) is 11.1 Å². The van der Waals surface area contributed by atoms with Crippen LogP contribution < -0.4 is 10.9 Å². The molecule has 0 bridgehead atoms. The van der Waals surface area contributed by atoms with Gasteiger partial charge in [0.15, 0.2) is 5.16 Å². The molecule has 0 radical (unpaired) electrons. The molecule has 0 aliphatic heterocycles. The molecule has 2 rings (SSSR count). The first kappa shape index (κ1) is 18.3. The van der Waals surface area contributed by atoms with Crippen LogP contribution in [0.1, 0.15) is 37.6 Å². The van der Waals surface area contributed by atoms with Gasteiger partial charge in [-0.25, -0.2) is 4.98 Å². The van der Waals surface area contributed by atoms with Crippen LogP contribution in [-0.4, -0.2) is 21.6 Å². The van der Waals surface area contributed by atoms with Gasteiger partial charge in [0.1, 0.15) is 0 Å². The van der Waals surface area contributed by atoms with E-state index in [4.69, 9.17) is 0 Å². The zero-order valence-electron chi connectivity index (χ0n) is 14.3. The minimum absolute atomic E-state index is 0.0971. The number of carbonyl (C=O) groups is 1. The van der Waals surface area contributed by atoms with Crippen LogP contribution in [0.2, 0.25) is 0 Å². The van der Waals surface area contributed by atoms with Gasteiger partial charge in [0.25, 0.3) is 5.56 Å². The Hall–Kier alpha value is -2.08. The van der Waals surface area contributed by atoms with Gasteiger partial charge in [0.2, 0.25) is 5.91 Å². The average Bonchev–Trinajstić information content (AvgIpc) is 2.59. The Morgan fingerprint density at radius 2 is 1.83 bits per heavy atom. The van der Waals surface area contributed by atoms with Gasteiger partial charge in [-0.1, -0.05) is 50.7 Å². The molecular formula is C18H23N3O2S. The summed E-state index contributed by atoms with van der Waals surface area (Å²) in [5.41, 5.74) is 3.72. The number of hydrogen-bond acceptors (Lipinski definition) is 4. The van der Waals surface area contributed by atoms with Crippen molar-refractivity contribution >= 4 is 23.4 Å². The van der Waals surface area contributed by atoms with Crippen molar-refractivity contribution in [3.63, 3.8) is 0 Å². The van der Waals surface area contributed by atoms with E-state index in [1.54, 1.807) is 0 Å². The lowest BCUT2D eigenvalue weighted by atomic mass is 10.0. The van der Waals surface area contributed by atoms with E-state index in [1.807, 2.05) is 25.1 Å². The highest BCUT2D eigenvalue weighted by molar-refractivity contribution is 7.99. The van der Waals surface area contributed by atoms with E-state index >= 15 is 0 Å². The van der Waals surface area contributed by atoms with Crippen LogP contribution >= 0.6 is 11.8 Å². The molecule has 2 N–H and O–H groups in total. The van der Waals surface area contributed by atoms with E-state index in [-0.39, 0.29) is 17.2 Å². The second-order valence-electron chi connectivity index (χ2n) is 5.39. The number of nitrogens with one attached hydrogen (secondary N) is 2. The molecule has 0 saturated carbocycles. The third kappa shape index (κ3) is 4.71. The molecule has 2 aromatic rings. The van der Waals surface area contributed by atoms with Gasteiger partial charge in [-0.3, -0.25) is 9.59 Å². The van der Waals surface area contributed by atoms with Crippen molar-refractivity contribution in [2.24, 2.45) is 0 Å². The Kier molecular flexibility index (Phi) is 6.61. The molecule has 0 saturated heterocycles. The van der Waals surface area contributed by atoms with E-state index in [1.165, 1.54) is 17.8 Å². The molecule has 5 nitrogen and oxygen atoms in total. The maximum absolute atomic E-state index is 12.3. The van der Waals surface area contributed by atoms with Crippen molar-refractivity contribution in [1.82, 2.24) is 9.97 Å². The van der Waals surface area contributed by atoms with E-state index in [0.29, 0.717) is 11.6 Å². The Morgan fingerprint density at radius 3 is 2.42 bits per heavy atom. The smallest absolute Gasteiger partial charge is 0.251 e. The van der Waals surface area contributed by atoms with E-state index in [2.05, 4.69) is 29.1 Å².